The molecule has 0 saturated carbocycles. The normalized spacial score (nSPS) is 26.4. The van der Waals surface area contributed by atoms with Crippen LogP contribution in [-0.4, -0.2) is 34.6 Å². The molecule has 2 N–H and O–H groups in total. The van der Waals surface area contributed by atoms with Gasteiger partial charge in [0, 0.05) is 0 Å². The molecule has 0 radical (unpaired) electrons. The standard InChI is InChI=1S/C8H7N3O5S/c12-6(13)4-5-2-1-3-8(17(14,15)16)7(5)9-11-10-8/h1-3H,4H2,(H,12,13)(H,14,15,16). The Balaban J connectivity index is 2.51. The highest BCUT2D eigenvalue weighted by Gasteiger charge is 2.51. The number of allylic oxidation sites excluding steroid dienone is 2. The first-order valence-corrected chi connectivity index (χ1v) is 5.89. The lowest BCUT2D eigenvalue weighted by molar-refractivity contribution is -0.136. The van der Waals surface area contributed by atoms with E-state index in [1.807, 2.05) is 0 Å². The highest BCUT2D eigenvalue weighted by molar-refractivity contribution is 7.88. The number of carboxylic acids is 1. The lowest BCUT2D eigenvalue weighted by Crippen LogP contribution is -2.43. The molecule has 1 heterocycles. The van der Waals surface area contributed by atoms with E-state index < -0.39 is 27.4 Å². The Labute approximate surface area is 95.8 Å². The number of aliphatic carboxylic acids is 1. The van der Waals surface area contributed by atoms with Crippen molar-refractivity contribution in [2.24, 2.45) is 15.4 Å². The van der Waals surface area contributed by atoms with Crippen molar-refractivity contribution in [3.05, 3.63) is 23.8 Å². The van der Waals surface area contributed by atoms with Gasteiger partial charge in [0.1, 0.15) is 5.71 Å². The maximum Gasteiger partial charge on any atom is 0.307 e. The van der Waals surface area contributed by atoms with Gasteiger partial charge < -0.3 is 5.11 Å². The molecule has 0 aromatic carbocycles. The Hall–Kier alpha value is -1.87. The van der Waals surface area contributed by atoms with Crippen LogP contribution >= 0.6 is 0 Å². The van der Waals surface area contributed by atoms with Gasteiger partial charge in [-0.05, 0) is 16.9 Å². The van der Waals surface area contributed by atoms with E-state index in [0.29, 0.717) is 0 Å². The molecule has 0 aromatic heterocycles. The van der Waals surface area contributed by atoms with Gasteiger partial charge in [-0.3, -0.25) is 9.35 Å². The Morgan fingerprint density at radius 3 is 2.76 bits per heavy atom. The van der Waals surface area contributed by atoms with Crippen LogP contribution in [0.4, 0.5) is 0 Å². The summed E-state index contributed by atoms with van der Waals surface area (Å²) in [6, 6.07) is 0. The summed E-state index contributed by atoms with van der Waals surface area (Å²) in [5.74, 6) is -1.15. The van der Waals surface area contributed by atoms with Crippen molar-refractivity contribution in [1.82, 2.24) is 0 Å². The Morgan fingerprint density at radius 1 is 1.47 bits per heavy atom. The summed E-state index contributed by atoms with van der Waals surface area (Å²) < 4.78 is 31.8. The molecule has 90 valence electrons. The molecule has 1 aliphatic heterocycles. The fraction of sp³-hybridized carbons (Fsp3) is 0.250. The Morgan fingerprint density at radius 2 is 2.18 bits per heavy atom. The number of carboxylic acid groups (broad SMARTS) is 1. The van der Waals surface area contributed by atoms with Crippen LogP contribution < -0.4 is 0 Å². The first kappa shape index (κ1) is 11.6. The third-order valence-corrected chi connectivity index (χ3v) is 3.53. The zero-order valence-electron chi connectivity index (χ0n) is 8.31. The van der Waals surface area contributed by atoms with Gasteiger partial charge in [0.15, 0.2) is 0 Å². The fourth-order valence-corrected chi connectivity index (χ4v) is 2.40. The minimum Gasteiger partial charge on any atom is -0.481 e. The lowest BCUT2D eigenvalue weighted by Gasteiger charge is -2.22. The minimum atomic E-state index is -4.60. The van der Waals surface area contributed by atoms with E-state index in [1.54, 1.807) is 0 Å². The predicted molar refractivity (Wildman–Crippen MR) is 56.0 cm³/mol. The number of nitrogens with zero attached hydrogens (tertiary/aromatic N) is 3. The average molecular weight is 257 g/mol. The summed E-state index contributed by atoms with van der Waals surface area (Å²) in [6.45, 7) is 0. The second-order valence-electron chi connectivity index (χ2n) is 3.43. The van der Waals surface area contributed by atoms with Gasteiger partial charge in [0.05, 0.1) is 6.42 Å². The fourth-order valence-electron chi connectivity index (χ4n) is 1.60. The zero-order valence-corrected chi connectivity index (χ0v) is 9.12. The van der Waals surface area contributed by atoms with Gasteiger partial charge in [-0.25, -0.2) is 0 Å². The molecule has 2 rings (SSSR count). The van der Waals surface area contributed by atoms with Gasteiger partial charge in [0.2, 0.25) is 0 Å². The van der Waals surface area contributed by atoms with E-state index >= 15 is 0 Å². The molecule has 8 nitrogen and oxygen atoms in total. The monoisotopic (exact) mass is 257 g/mol. The van der Waals surface area contributed by atoms with Crippen molar-refractivity contribution in [3.63, 3.8) is 0 Å². The van der Waals surface area contributed by atoms with Crippen molar-refractivity contribution in [2.75, 3.05) is 0 Å². The van der Waals surface area contributed by atoms with Crippen molar-refractivity contribution >= 4 is 21.8 Å². The van der Waals surface area contributed by atoms with Crippen molar-refractivity contribution in [3.8, 4) is 0 Å². The van der Waals surface area contributed by atoms with Crippen LogP contribution in [0.5, 0.6) is 0 Å². The number of carbonyl (C=O) groups is 1. The van der Waals surface area contributed by atoms with Gasteiger partial charge in [0.25, 0.3) is 4.87 Å². The van der Waals surface area contributed by atoms with Crippen molar-refractivity contribution in [2.45, 2.75) is 11.3 Å². The zero-order chi connectivity index (χ0) is 12.7. The summed E-state index contributed by atoms with van der Waals surface area (Å²) in [4.78, 5) is 8.53. The van der Waals surface area contributed by atoms with Crippen LogP contribution in [0.2, 0.25) is 0 Å². The van der Waals surface area contributed by atoms with Gasteiger partial charge >= 0.3 is 16.1 Å². The second-order valence-corrected chi connectivity index (χ2v) is 5.00. The van der Waals surface area contributed by atoms with E-state index in [9.17, 15) is 13.2 Å². The number of rotatable bonds is 3. The number of hydrogen-bond donors (Lipinski definition) is 2. The summed E-state index contributed by atoms with van der Waals surface area (Å²) in [6.07, 6.45) is 3.37. The number of hydrogen-bond acceptors (Lipinski definition) is 6. The van der Waals surface area contributed by atoms with E-state index in [2.05, 4.69) is 15.4 Å². The summed E-state index contributed by atoms with van der Waals surface area (Å²) in [7, 11) is -4.60. The maximum atomic E-state index is 11.3. The molecule has 0 amide bonds. The molecule has 0 bridgehead atoms. The topological polar surface area (TPSA) is 129 Å². The van der Waals surface area contributed by atoms with Crippen LogP contribution in [0.3, 0.4) is 0 Å². The van der Waals surface area contributed by atoms with Crippen molar-refractivity contribution < 1.29 is 22.9 Å². The Bertz CT molecular complexity index is 601. The third kappa shape index (κ3) is 1.68. The first-order valence-electron chi connectivity index (χ1n) is 4.45. The molecule has 1 aliphatic carbocycles. The van der Waals surface area contributed by atoms with E-state index in [-0.39, 0.29) is 11.3 Å². The molecule has 0 spiro atoms. The van der Waals surface area contributed by atoms with Crippen molar-refractivity contribution in [1.29, 1.82) is 0 Å². The Kier molecular flexibility index (Phi) is 2.44. The third-order valence-electron chi connectivity index (χ3n) is 2.34. The molecule has 2 aliphatic rings. The average Bonchev–Trinajstić information content (AvgIpc) is 2.61. The second kappa shape index (κ2) is 3.57. The van der Waals surface area contributed by atoms with Crippen LogP contribution in [0.15, 0.2) is 39.2 Å². The minimum absolute atomic E-state index is 0.141. The number of fused-ring (bicyclic) bond motifs is 1. The molecule has 0 fully saturated rings. The van der Waals surface area contributed by atoms with Gasteiger partial charge in [-0.2, -0.15) is 8.42 Å². The molecule has 1 atom stereocenters. The van der Waals surface area contributed by atoms with Crippen LogP contribution in [0.25, 0.3) is 0 Å². The van der Waals surface area contributed by atoms with Crippen LogP contribution in [0.1, 0.15) is 6.42 Å². The molecule has 0 aromatic rings. The summed E-state index contributed by atoms with van der Waals surface area (Å²) >= 11 is 0. The summed E-state index contributed by atoms with van der Waals surface area (Å²) in [5, 5.41) is 18.8. The first-order chi connectivity index (χ1) is 7.87. The van der Waals surface area contributed by atoms with E-state index in [1.165, 1.54) is 12.2 Å². The lowest BCUT2D eigenvalue weighted by atomic mass is 9.95. The molecular weight excluding hydrogens is 250 g/mol. The molecule has 9 heteroatoms. The quantitative estimate of drug-likeness (QED) is 0.705. The molecule has 0 saturated heterocycles. The largest absolute Gasteiger partial charge is 0.481 e. The SMILES string of the molecule is O=C(O)CC1=CC=CC2(S(=O)(=O)O)N=NN=C12. The molecule has 17 heavy (non-hydrogen) atoms. The highest BCUT2D eigenvalue weighted by atomic mass is 32.2. The van der Waals surface area contributed by atoms with Gasteiger partial charge in [-0.1, -0.05) is 12.2 Å². The highest BCUT2D eigenvalue weighted by Crippen LogP contribution is 2.34. The van der Waals surface area contributed by atoms with Crippen LogP contribution in [0, 0.1) is 0 Å². The van der Waals surface area contributed by atoms with Crippen LogP contribution in [-0.2, 0) is 14.9 Å². The predicted octanol–water partition coefficient (Wildman–Crippen LogP) is 0.363. The summed E-state index contributed by atoms with van der Waals surface area (Å²) in [5.41, 5.74) is -0.0347. The van der Waals surface area contributed by atoms with E-state index in [0.717, 1.165) is 6.08 Å². The molecule has 1 unspecified atom stereocenters. The molecular formula is C8H7N3O5S. The maximum absolute atomic E-state index is 11.3. The smallest absolute Gasteiger partial charge is 0.307 e. The van der Waals surface area contributed by atoms with E-state index in [4.69, 9.17) is 9.66 Å². The van der Waals surface area contributed by atoms with Gasteiger partial charge in [-0.15, -0.1) is 10.2 Å².